The monoisotopic (exact) mass is 375 g/mol. The third-order valence-electron chi connectivity index (χ3n) is 6.73. The van der Waals surface area contributed by atoms with Gasteiger partial charge in [-0.2, -0.15) is 0 Å². The molecule has 3 aliphatic rings. The Hall–Kier alpha value is -1.26. The topological polar surface area (TPSA) is 35.6 Å². The predicted octanol–water partition coefficient (Wildman–Crippen LogP) is 4.25. The number of amides is 1. The molecule has 1 aliphatic heterocycles. The number of nitrogens with one attached hydrogen (secondary N) is 1. The lowest BCUT2D eigenvalue weighted by Crippen LogP contribution is -2.46. The summed E-state index contributed by atoms with van der Waals surface area (Å²) >= 11 is 6.23. The molecule has 4 nitrogen and oxygen atoms in total. The second-order valence-electron chi connectivity index (χ2n) is 8.27. The van der Waals surface area contributed by atoms with Crippen LogP contribution in [0.5, 0.6) is 0 Å². The number of hydrogen-bond acceptors (Lipinski definition) is 3. The molecule has 0 radical (unpaired) electrons. The first kappa shape index (κ1) is 18.1. The zero-order valence-electron chi connectivity index (χ0n) is 15.7. The van der Waals surface area contributed by atoms with E-state index in [1.165, 1.54) is 25.7 Å². The minimum absolute atomic E-state index is 0.151. The third kappa shape index (κ3) is 3.86. The fourth-order valence-electron chi connectivity index (χ4n) is 5.25. The van der Waals surface area contributed by atoms with Crippen molar-refractivity contribution in [2.45, 2.75) is 39.0 Å². The Bertz CT molecular complexity index is 657. The Kier molecular flexibility index (Phi) is 5.42. The molecule has 1 aromatic carbocycles. The number of likely N-dealkylation sites (N-methyl/N-ethyl adjacent to an activating group) is 1. The standard InChI is InChI=1S/C21H30ClN3O/c1-2-24-7-9-25(10-8-24)20-6-5-18(22)14-19(20)23-21(26)13-17-12-15-3-4-16(17)11-15/h5-6,14-17H,2-4,7-13H2,1H3,(H,23,26). The van der Waals surface area contributed by atoms with E-state index in [1.807, 2.05) is 12.1 Å². The lowest BCUT2D eigenvalue weighted by atomic mass is 9.86. The summed E-state index contributed by atoms with van der Waals surface area (Å²) in [6.45, 7) is 7.42. The molecule has 1 amide bonds. The fraction of sp³-hybridized carbons (Fsp3) is 0.667. The summed E-state index contributed by atoms with van der Waals surface area (Å²) in [5.74, 6) is 2.41. The van der Waals surface area contributed by atoms with Gasteiger partial charge in [0.1, 0.15) is 0 Å². The van der Waals surface area contributed by atoms with Crippen LogP contribution >= 0.6 is 11.6 Å². The van der Waals surface area contributed by atoms with Gasteiger partial charge in [-0.25, -0.2) is 0 Å². The van der Waals surface area contributed by atoms with Gasteiger partial charge in [-0.1, -0.05) is 24.9 Å². The molecule has 2 aliphatic carbocycles. The van der Waals surface area contributed by atoms with Gasteiger partial charge in [-0.3, -0.25) is 4.79 Å². The number of benzene rings is 1. The Morgan fingerprint density at radius 3 is 2.65 bits per heavy atom. The summed E-state index contributed by atoms with van der Waals surface area (Å²) in [6, 6.07) is 5.88. The number of fused-ring (bicyclic) bond motifs is 2. The van der Waals surface area contributed by atoms with E-state index in [4.69, 9.17) is 11.6 Å². The van der Waals surface area contributed by atoms with Crippen molar-refractivity contribution in [3.05, 3.63) is 23.2 Å². The zero-order valence-corrected chi connectivity index (χ0v) is 16.5. The normalized spacial score (nSPS) is 28.5. The summed E-state index contributed by atoms with van der Waals surface area (Å²) in [4.78, 5) is 17.5. The van der Waals surface area contributed by atoms with Crippen LogP contribution in [0.4, 0.5) is 11.4 Å². The molecule has 3 unspecified atom stereocenters. The summed E-state index contributed by atoms with van der Waals surface area (Å²) in [5, 5.41) is 3.86. The summed E-state index contributed by atoms with van der Waals surface area (Å²) in [6.07, 6.45) is 5.97. The Morgan fingerprint density at radius 2 is 2.00 bits per heavy atom. The van der Waals surface area contributed by atoms with E-state index < -0.39 is 0 Å². The Morgan fingerprint density at radius 1 is 1.19 bits per heavy atom. The third-order valence-corrected chi connectivity index (χ3v) is 6.96. The van der Waals surface area contributed by atoms with Crippen molar-refractivity contribution in [1.82, 2.24) is 4.90 Å². The second kappa shape index (κ2) is 7.77. The molecular weight excluding hydrogens is 346 g/mol. The molecule has 2 saturated carbocycles. The number of rotatable bonds is 5. The molecule has 142 valence electrons. The van der Waals surface area contributed by atoms with E-state index in [1.54, 1.807) is 0 Å². The van der Waals surface area contributed by atoms with Gasteiger partial charge in [0.15, 0.2) is 0 Å². The number of carbonyl (C=O) groups excluding carboxylic acids is 1. The van der Waals surface area contributed by atoms with Crippen LogP contribution < -0.4 is 10.2 Å². The maximum Gasteiger partial charge on any atom is 0.224 e. The number of carbonyl (C=O) groups is 1. The molecule has 3 fully saturated rings. The summed E-state index contributed by atoms with van der Waals surface area (Å²) in [7, 11) is 0. The molecule has 2 bridgehead atoms. The first-order chi connectivity index (χ1) is 12.6. The van der Waals surface area contributed by atoms with Crippen LogP contribution in [0.25, 0.3) is 0 Å². The van der Waals surface area contributed by atoms with Crippen LogP contribution in [0.1, 0.15) is 39.0 Å². The lowest BCUT2D eigenvalue weighted by molar-refractivity contribution is -0.117. The number of halogens is 1. The van der Waals surface area contributed by atoms with Gasteiger partial charge in [0.2, 0.25) is 5.91 Å². The van der Waals surface area contributed by atoms with Crippen molar-refractivity contribution in [3.8, 4) is 0 Å². The van der Waals surface area contributed by atoms with E-state index in [0.29, 0.717) is 17.4 Å². The van der Waals surface area contributed by atoms with Crippen LogP contribution in [-0.2, 0) is 4.79 Å². The van der Waals surface area contributed by atoms with Crippen LogP contribution in [-0.4, -0.2) is 43.5 Å². The molecule has 4 rings (SSSR count). The lowest BCUT2D eigenvalue weighted by Gasteiger charge is -2.36. The van der Waals surface area contributed by atoms with Crippen molar-refractivity contribution in [1.29, 1.82) is 0 Å². The molecule has 1 aromatic rings. The highest BCUT2D eigenvalue weighted by Gasteiger charge is 2.40. The van der Waals surface area contributed by atoms with Crippen LogP contribution in [0.15, 0.2) is 18.2 Å². The Balaban J connectivity index is 1.42. The molecule has 5 heteroatoms. The smallest absolute Gasteiger partial charge is 0.224 e. The number of nitrogens with zero attached hydrogens (tertiary/aromatic N) is 2. The first-order valence-corrected chi connectivity index (χ1v) is 10.6. The van der Waals surface area contributed by atoms with E-state index >= 15 is 0 Å². The highest BCUT2D eigenvalue weighted by atomic mass is 35.5. The number of anilines is 2. The van der Waals surface area contributed by atoms with Crippen molar-refractivity contribution in [2.24, 2.45) is 17.8 Å². The highest BCUT2D eigenvalue weighted by molar-refractivity contribution is 6.31. The molecular formula is C21H30ClN3O. The summed E-state index contributed by atoms with van der Waals surface area (Å²) < 4.78 is 0. The quantitative estimate of drug-likeness (QED) is 0.835. The van der Waals surface area contributed by atoms with Gasteiger partial charge in [-0.15, -0.1) is 0 Å². The Labute approximate surface area is 161 Å². The van der Waals surface area contributed by atoms with Gasteiger partial charge in [0.05, 0.1) is 11.4 Å². The molecule has 1 saturated heterocycles. The van der Waals surface area contributed by atoms with Gasteiger partial charge >= 0.3 is 0 Å². The second-order valence-corrected chi connectivity index (χ2v) is 8.71. The molecule has 26 heavy (non-hydrogen) atoms. The molecule has 1 N–H and O–H groups in total. The van der Waals surface area contributed by atoms with E-state index in [9.17, 15) is 4.79 Å². The van der Waals surface area contributed by atoms with Gasteiger partial charge in [-0.05, 0) is 61.8 Å². The number of hydrogen-bond donors (Lipinski definition) is 1. The maximum absolute atomic E-state index is 12.7. The molecule has 0 aromatic heterocycles. The van der Waals surface area contributed by atoms with Crippen molar-refractivity contribution in [3.63, 3.8) is 0 Å². The molecule has 0 spiro atoms. The van der Waals surface area contributed by atoms with Crippen LogP contribution in [0.3, 0.4) is 0 Å². The highest BCUT2D eigenvalue weighted by Crippen LogP contribution is 2.49. The van der Waals surface area contributed by atoms with Gasteiger partial charge < -0.3 is 15.1 Å². The van der Waals surface area contributed by atoms with Crippen molar-refractivity contribution >= 4 is 28.9 Å². The van der Waals surface area contributed by atoms with Gasteiger partial charge in [0.25, 0.3) is 0 Å². The molecule has 1 heterocycles. The van der Waals surface area contributed by atoms with E-state index in [0.717, 1.165) is 55.9 Å². The maximum atomic E-state index is 12.7. The van der Waals surface area contributed by atoms with Crippen molar-refractivity contribution < 1.29 is 4.79 Å². The largest absolute Gasteiger partial charge is 0.367 e. The van der Waals surface area contributed by atoms with Gasteiger partial charge in [0, 0.05) is 37.6 Å². The first-order valence-electron chi connectivity index (χ1n) is 10.2. The average Bonchev–Trinajstić information content (AvgIpc) is 3.25. The minimum atomic E-state index is 0.151. The molecule has 3 atom stereocenters. The van der Waals surface area contributed by atoms with Crippen LogP contribution in [0.2, 0.25) is 5.02 Å². The SMILES string of the molecule is CCN1CCN(c2ccc(Cl)cc2NC(=O)CC2CC3CCC2C3)CC1. The summed E-state index contributed by atoms with van der Waals surface area (Å²) in [5.41, 5.74) is 1.97. The number of piperazine rings is 1. The fourth-order valence-corrected chi connectivity index (χ4v) is 5.43. The van der Waals surface area contributed by atoms with Crippen LogP contribution in [0, 0.1) is 17.8 Å². The van der Waals surface area contributed by atoms with Crippen molar-refractivity contribution in [2.75, 3.05) is 42.9 Å². The zero-order chi connectivity index (χ0) is 18.1. The van der Waals surface area contributed by atoms with E-state index in [-0.39, 0.29) is 5.91 Å². The minimum Gasteiger partial charge on any atom is -0.367 e. The predicted molar refractivity (Wildman–Crippen MR) is 108 cm³/mol. The average molecular weight is 376 g/mol. The van der Waals surface area contributed by atoms with E-state index in [2.05, 4.69) is 28.1 Å².